The normalized spacial score (nSPS) is 17.4. The Kier molecular flexibility index (Phi) is 11.4. The van der Waals surface area contributed by atoms with Gasteiger partial charge in [-0.3, -0.25) is 0 Å². The summed E-state index contributed by atoms with van der Waals surface area (Å²) in [5, 5.41) is 7.31. The van der Waals surface area contributed by atoms with Gasteiger partial charge in [-0.2, -0.15) is 0 Å². The van der Waals surface area contributed by atoms with Crippen LogP contribution in [-0.2, 0) is 16.0 Å². The minimum atomic E-state index is 0. The van der Waals surface area contributed by atoms with Crippen molar-refractivity contribution in [2.75, 3.05) is 32.9 Å². The molecule has 7 heteroatoms. The van der Waals surface area contributed by atoms with Crippen LogP contribution in [0, 0.1) is 0 Å². The van der Waals surface area contributed by atoms with Crippen LogP contribution in [0.15, 0.2) is 29.3 Å². The molecular formula is C17H27ClIN3O2. The van der Waals surface area contributed by atoms with Crippen LogP contribution in [-0.4, -0.2) is 45.0 Å². The van der Waals surface area contributed by atoms with Crippen LogP contribution >= 0.6 is 35.6 Å². The quantitative estimate of drug-likeness (QED) is 0.267. The molecule has 2 N–H and O–H groups in total. The van der Waals surface area contributed by atoms with Crippen molar-refractivity contribution in [1.29, 1.82) is 0 Å². The maximum absolute atomic E-state index is 6.16. The van der Waals surface area contributed by atoms with Crippen molar-refractivity contribution >= 4 is 41.5 Å². The van der Waals surface area contributed by atoms with E-state index >= 15 is 0 Å². The van der Waals surface area contributed by atoms with Gasteiger partial charge in [0.1, 0.15) is 0 Å². The van der Waals surface area contributed by atoms with Crippen molar-refractivity contribution in [3.05, 3.63) is 34.9 Å². The molecule has 5 nitrogen and oxygen atoms in total. The Morgan fingerprint density at radius 3 is 2.92 bits per heavy atom. The van der Waals surface area contributed by atoms with Gasteiger partial charge in [-0.1, -0.05) is 29.8 Å². The lowest BCUT2D eigenvalue weighted by atomic mass is 10.2. The molecule has 2 rings (SSSR count). The van der Waals surface area contributed by atoms with Crippen LogP contribution in [0.1, 0.15) is 25.3 Å². The number of guanidine groups is 1. The Balaban J connectivity index is 0.00000288. The number of ether oxygens (including phenoxy) is 2. The molecule has 1 aliphatic heterocycles. The summed E-state index contributed by atoms with van der Waals surface area (Å²) in [5.41, 5.74) is 1.02. The van der Waals surface area contributed by atoms with Gasteiger partial charge in [0.2, 0.25) is 0 Å². The minimum absolute atomic E-state index is 0. The lowest BCUT2D eigenvalue weighted by Crippen LogP contribution is -2.38. The fourth-order valence-electron chi connectivity index (χ4n) is 2.31. The SMILES string of the molecule is CCNC(=NCc1ccccc1Cl)NCCCOC1CCOC1.I. The highest BCUT2D eigenvalue weighted by Gasteiger charge is 2.15. The fraction of sp³-hybridized carbons (Fsp3) is 0.588. The molecule has 1 fully saturated rings. The molecule has 1 saturated heterocycles. The van der Waals surface area contributed by atoms with Crippen LogP contribution < -0.4 is 10.6 Å². The fourth-order valence-corrected chi connectivity index (χ4v) is 2.50. The van der Waals surface area contributed by atoms with E-state index < -0.39 is 0 Å². The Hall–Kier alpha value is -0.570. The van der Waals surface area contributed by atoms with Crippen molar-refractivity contribution in [1.82, 2.24) is 10.6 Å². The van der Waals surface area contributed by atoms with Gasteiger partial charge < -0.3 is 20.1 Å². The smallest absolute Gasteiger partial charge is 0.191 e. The van der Waals surface area contributed by atoms with Gasteiger partial charge in [-0.05, 0) is 31.4 Å². The number of benzene rings is 1. The van der Waals surface area contributed by atoms with E-state index in [0.717, 1.165) is 62.3 Å². The summed E-state index contributed by atoms with van der Waals surface area (Å²) in [7, 11) is 0. The molecular weight excluding hydrogens is 441 g/mol. The number of nitrogens with zero attached hydrogens (tertiary/aromatic N) is 1. The molecule has 1 aromatic carbocycles. The molecule has 0 saturated carbocycles. The van der Waals surface area contributed by atoms with E-state index in [2.05, 4.69) is 22.5 Å². The predicted octanol–water partition coefficient (Wildman–Crippen LogP) is 3.21. The molecule has 1 unspecified atom stereocenters. The minimum Gasteiger partial charge on any atom is -0.379 e. The van der Waals surface area contributed by atoms with Gasteiger partial charge in [0.15, 0.2) is 5.96 Å². The largest absolute Gasteiger partial charge is 0.379 e. The van der Waals surface area contributed by atoms with Gasteiger partial charge in [-0.15, -0.1) is 24.0 Å². The molecule has 0 amide bonds. The number of aliphatic imine (C=N–C) groups is 1. The standard InChI is InChI=1S/C17H26ClN3O2.HI/c1-2-19-17(21-12-14-6-3-4-7-16(14)18)20-9-5-10-23-15-8-11-22-13-15;/h3-4,6-7,15H,2,5,8-13H2,1H3,(H2,19,20,21);1H. The number of hydrogen-bond donors (Lipinski definition) is 2. The number of halogens is 2. The molecule has 0 bridgehead atoms. The second-order valence-electron chi connectivity index (χ2n) is 5.42. The predicted molar refractivity (Wildman–Crippen MR) is 109 cm³/mol. The maximum atomic E-state index is 6.16. The molecule has 136 valence electrons. The van der Waals surface area contributed by atoms with E-state index in [4.69, 9.17) is 21.1 Å². The Bertz CT molecular complexity index is 496. The summed E-state index contributed by atoms with van der Waals surface area (Å²) >= 11 is 6.16. The lowest BCUT2D eigenvalue weighted by Gasteiger charge is -2.13. The molecule has 1 heterocycles. The van der Waals surface area contributed by atoms with Crippen molar-refractivity contribution in [3.63, 3.8) is 0 Å². The molecule has 24 heavy (non-hydrogen) atoms. The monoisotopic (exact) mass is 467 g/mol. The van der Waals surface area contributed by atoms with E-state index in [1.807, 2.05) is 24.3 Å². The Morgan fingerprint density at radius 1 is 1.38 bits per heavy atom. The summed E-state index contributed by atoms with van der Waals surface area (Å²) < 4.78 is 11.0. The van der Waals surface area contributed by atoms with Crippen molar-refractivity contribution in [3.8, 4) is 0 Å². The van der Waals surface area contributed by atoms with Crippen LogP contribution in [0.5, 0.6) is 0 Å². The molecule has 0 radical (unpaired) electrons. The van der Waals surface area contributed by atoms with E-state index in [9.17, 15) is 0 Å². The Labute approximate surface area is 166 Å². The summed E-state index contributed by atoms with van der Waals surface area (Å²) in [5.74, 6) is 0.802. The highest BCUT2D eigenvalue weighted by Crippen LogP contribution is 2.15. The molecule has 1 aliphatic rings. The molecule has 1 atom stereocenters. The zero-order valence-electron chi connectivity index (χ0n) is 14.1. The zero-order valence-corrected chi connectivity index (χ0v) is 17.2. The van der Waals surface area contributed by atoms with Gasteiger partial charge in [0, 0.05) is 31.3 Å². The summed E-state index contributed by atoms with van der Waals surface area (Å²) in [4.78, 5) is 4.57. The van der Waals surface area contributed by atoms with Gasteiger partial charge >= 0.3 is 0 Å². The second-order valence-corrected chi connectivity index (χ2v) is 5.83. The van der Waals surface area contributed by atoms with Crippen molar-refractivity contribution in [2.45, 2.75) is 32.4 Å². The van der Waals surface area contributed by atoms with E-state index in [1.54, 1.807) is 0 Å². The highest BCUT2D eigenvalue weighted by atomic mass is 127. The second kappa shape index (κ2) is 12.7. The molecule has 0 spiro atoms. The maximum Gasteiger partial charge on any atom is 0.191 e. The summed E-state index contributed by atoms with van der Waals surface area (Å²) in [6.45, 7) is 6.55. The first kappa shape index (κ1) is 21.5. The van der Waals surface area contributed by atoms with Crippen molar-refractivity contribution < 1.29 is 9.47 Å². The van der Waals surface area contributed by atoms with E-state index in [1.165, 1.54) is 0 Å². The third-order valence-electron chi connectivity index (χ3n) is 3.56. The molecule has 0 aliphatic carbocycles. The first-order valence-corrected chi connectivity index (χ1v) is 8.62. The summed E-state index contributed by atoms with van der Waals surface area (Å²) in [6.07, 6.45) is 2.22. The third kappa shape index (κ3) is 8.00. The average Bonchev–Trinajstić information content (AvgIpc) is 3.07. The van der Waals surface area contributed by atoms with Crippen molar-refractivity contribution in [2.24, 2.45) is 4.99 Å². The first-order valence-electron chi connectivity index (χ1n) is 8.24. The van der Waals surface area contributed by atoms with Gasteiger partial charge in [0.25, 0.3) is 0 Å². The average molecular weight is 468 g/mol. The number of hydrogen-bond acceptors (Lipinski definition) is 3. The first-order chi connectivity index (χ1) is 11.3. The Morgan fingerprint density at radius 2 is 2.21 bits per heavy atom. The lowest BCUT2D eigenvalue weighted by molar-refractivity contribution is 0.0420. The number of rotatable bonds is 8. The van der Waals surface area contributed by atoms with Crippen LogP contribution in [0.3, 0.4) is 0 Å². The van der Waals surface area contributed by atoms with Crippen LogP contribution in [0.25, 0.3) is 0 Å². The van der Waals surface area contributed by atoms with E-state index in [-0.39, 0.29) is 30.1 Å². The third-order valence-corrected chi connectivity index (χ3v) is 3.93. The topological polar surface area (TPSA) is 54.9 Å². The van der Waals surface area contributed by atoms with Gasteiger partial charge in [-0.25, -0.2) is 4.99 Å². The number of nitrogens with one attached hydrogen (secondary N) is 2. The molecule has 0 aromatic heterocycles. The summed E-state index contributed by atoms with van der Waals surface area (Å²) in [6, 6.07) is 7.78. The van der Waals surface area contributed by atoms with Crippen LogP contribution in [0.4, 0.5) is 0 Å². The molecule has 1 aromatic rings. The highest BCUT2D eigenvalue weighted by molar-refractivity contribution is 14.0. The van der Waals surface area contributed by atoms with Gasteiger partial charge in [0.05, 0.1) is 19.3 Å². The van der Waals surface area contributed by atoms with Crippen LogP contribution in [0.2, 0.25) is 5.02 Å². The zero-order chi connectivity index (χ0) is 16.3. The van der Waals surface area contributed by atoms with E-state index in [0.29, 0.717) is 6.54 Å².